The van der Waals surface area contributed by atoms with Crippen LogP contribution in [-0.2, 0) is 0 Å². The van der Waals surface area contributed by atoms with E-state index in [1.807, 2.05) is 13.8 Å². The summed E-state index contributed by atoms with van der Waals surface area (Å²) in [4.78, 5) is 11.0. The second kappa shape index (κ2) is 6.99. The highest BCUT2D eigenvalue weighted by atomic mass is 32.2. The number of nitrogens with one attached hydrogen (secondary N) is 1. The molecule has 1 atom stereocenters. The largest absolute Gasteiger partial charge is 0.299 e. The lowest BCUT2D eigenvalue weighted by Crippen LogP contribution is -2.35. The van der Waals surface area contributed by atoms with Gasteiger partial charge in [-0.2, -0.15) is 5.26 Å². The van der Waals surface area contributed by atoms with Crippen LogP contribution >= 0.6 is 11.8 Å². The third kappa shape index (κ3) is 4.35. The Bertz CT molecular complexity index is 457. The molecule has 0 aliphatic carbocycles. The molecule has 6 heteroatoms. The summed E-state index contributed by atoms with van der Waals surface area (Å²) in [5.41, 5.74) is 0.0868. The lowest BCUT2D eigenvalue weighted by atomic mass is 10.3. The molecule has 0 saturated heterocycles. The molecule has 0 amide bonds. The normalized spacial score (nSPS) is 12.1. The van der Waals surface area contributed by atoms with Gasteiger partial charge in [0, 0.05) is 17.9 Å². The predicted molar refractivity (Wildman–Crippen MR) is 71.5 cm³/mol. The zero-order valence-corrected chi connectivity index (χ0v) is 11.1. The molecule has 1 unspecified atom stereocenters. The highest BCUT2D eigenvalue weighted by molar-refractivity contribution is 7.99. The van der Waals surface area contributed by atoms with Crippen molar-refractivity contribution in [2.75, 3.05) is 5.75 Å². The third-order valence-electron chi connectivity index (χ3n) is 2.16. The van der Waals surface area contributed by atoms with E-state index in [4.69, 9.17) is 5.26 Å². The van der Waals surface area contributed by atoms with Crippen LogP contribution in [0, 0.1) is 21.4 Å². The first-order valence-electron chi connectivity index (χ1n) is 5.56. The molecule has 1 rings (SSSR count). The van der Waals surface area contributed by atoms with Crippen LogP contribution in [0.4, 0.5) is 5.69 Å². The van der Waals surface area contributed by atoms with E-state index in [1.54, 1.807) is 18.2 Å². The molecule has 1 aromatic carbocycles. The van der Waals surface area contributed by atoms with Gasteiger partial charge in [0.05, 0.1) is 15.9 Å². The van der Waals surface area contributed by atoms with Gasteiger partial charge in [0.1, 0.15) is 6.04 Å². The summed E-state index contributed by atoms with van der Waals surface area (Å²) in [7, 11) is 0. The molecule has 0 saturated carbocycles. The smallest absolute Gasteiger partial charge is 0.282 e. The minimum Gasteiger partial charge on any atom is -0.299 e. The molecule has 0 heterocycles. The minimum absolute atomic E-state index is 0.0868. The number of thioether (sulfide) groups is 1. The highest BCUT2D eigenvalue weighted by Crippen LogP contribution is 2.28. The fourth-order valence-corrected chi connectivity index (χ4v) is 2.41. The summed E-state index contributed by atoms with van der Waals surface area (Å²) < 4.78 is 0. The average molecular weight is 265 g/mol. The van der Waals surface area contributed by atoms with Crippen molar-refractivity contribution in [1.82, 2.24) is 5.32 Å². The van der Waals surface area contributed by atoms with Crippen molar-refractivity contribution in [3.63, 3.8) is 0 Å². The Morgan fingerprint density at radius 2 is 2.17 bits per heavy atom. The van der Waals surface area contributed by atoms with Crippen LogP contribution in [-0.4, -0.2) is 22.8 Å². The molecule has 0 aliphatic heterocycles. The van der Waals surface area contributed by atoms with E-state index < -0.39 is 4.92 Å². The fourth-order valence-electron chi connectivity index (χ4n) is 1.43. The van der Waals surface area contributed by atoms with Crippen LogP contribution in [0.2, 0.25) is 0 Å². The Labute approximate surface area is 110 Å². The van der Waals surface area contributed by atoms with Crippen LogP contribution in [0.5, 0.6) is 0 Å². The summed E-state index contributed by atoms with van der Waals surface area (Å²) in [6.07, 6.45) is 0. The highest BCUT2D eigenvalue weighted by Gasteiger charge is 2.15. The number of nitro benzene ring substituents is 1. The lowest BCUT2D eigenvalue weighted by molar-refractivity contribution is -0.387. The van der Waals surface area contributed by atoms with E-state index in [9.17, 15) is 10.1 Å². The Kier molecular flexibility index (Phi) is 5.62. The number of nitrogens with zero attached hydrogens (tertiary/aromatic N) is 2. The molecule has 5 nitrogen and oxygen atoms in total. The summed E-state index contributed by atoms with van der Waals surface area (Å²) in [5.74, 6) is 0.486. The molecule has 0 aliphatic rings. The Morgan fingerprint density at radius 1 is 1.50 bits per heavy atom. The van der Waals surface area contributed by atoms with E-state index in [0.717, 1.165) is 0 Å². The first-order chi connectivity index (χ1) is 8.54. The van der Waals surface area contributed by atoms with Gasteiger partial charge in [-0.25, -0.2) is 0 Å². The van der Waals surface area contributed by atoms with Crippen molar-refractivity contribution >= 4 is 17.4 Å². The zero-order chi connectivity index (χ0) is 13.5. The molecule has 1 N–H and O–H groups in total. The standard InChI is InChI=1S/C12H15N3O2S/c1-9(2)14-10(7-13)8-18-12-6-4-3-5-11(12)15(16)17/h3-6,9-10,14H,8H2,1-2H3. The van der Waals surface area contributed by atoms with E-state index in [1.165, 1.54) is 17.8 Å². The third-order valence-corrected chi connectivity index (χ3v) is 3.31. The number of hydrogen-bond donors (Lipinski definition) is 1. The molecule has 1 aromatic rings. The van der Waals surface area contributed by atoms with Gasteiger partial charge in [-0.15, -0.1) is 11.8 Å². The van der Waals surface area contributed by atoms with Crippen molar-refractivity contribution < 1.29 is 4.92 Å². The van der Waals surface area contributed by atoms with Crippen molar-refractivity contribution in [1.29, 1.82) is 5.26 Å². The summed E-state index contributed by atoms with van der Waals surface area (Å²) in [5, 5.41) is 22.9. The van der Waals surface area contributed by atoms with Crippen molar-refractivity contribution in [2.45, 2.75) is 30.8 Å². The van der Waals surface area contributed by atoms with Crippen LogP contribution in [0.3, 0.4) is 0 Å². The molecular formula is C12H15N3O2S. The summed E-state index contributed by atoms with van der Waals surface area (Å²) in [6.45, 7) is 3.92. The fraction of sp³-hybridized carbons (Fsp3) is 0.417. The van der Waals surface area contributed by atoms with E-state index >= 15 is 0 Å². The first kappa shape index (κ1) is 14.5. The molecule has 0 spiro atoms. The molecule has 96 valence electrons. The number of benzene rings is 1. The van der Waals surface area contributed by atoms with Crippen LogP contribution < -0.4 is 5.32 Å². The Balaban J connectivity index is 2.68. The van der Waals surface area contributed by atoms with E-state index in [0.29, 0.717) is 10.6 Å². The van der Waals surface area contributed by atoms with Gasteiger partial charge in [0.25, 0.3) is 5.69 Å². The molecule has 0 fully saturated rings. The van der Waals surface area contributed by atoms with Crippen molar-refractivity contribution in [3.8, 4) is 6.07 Å². The lowest BCUT2D eigenvalue weighted by Gasteiger charge is -2.13. The van der Waals surface area contributed by atoms with Crippen molar-refractivity contribution in [3.05, 3.63) is 34.4 Å². The number of hydrogen-bond acceptors (Lipinski definition) is 5. The molecular weight excluding hydrogens is 250 g/mol. The number of nitro groups is 1. The van der Waals surface area contributed by atoms with Gasteiger partial charge in [-0.1, -0.05) is 12.1 Å². The monoisotopic (exact) mass is 265 g/mol. The maximum Gasteiger partial charge on any atom is 0.282 e. The van der Waals surface area contributed by atoms with Gasteiger partial charge in [0.2, 0.25) is 0 Å². The molecule has 0 radical (unpaired) electrons. The van der Waals surface area contributed by atoms with Gasteiger partial charge in [0.15, 0.2) is 0 Å². The Hall–Kier alpha value is -1.58. The van der Waals surface area contributed by atoms with E-state index in [-0.39, 0.29) is 17.8 Å². The van der Waals surface area contributed by atoms with Crippen LogP contribution in [0.25, 0.3) is 0 Å². The average Bonchev–Trinajstić information content (AvgIpc) is 2.34. The second-order valence-electron chi connectivity index (χ2n) is 4.04. The number of rotatable bonds is 6. The maximum atomic E-state index is 10.8. The summed E-state index contributed by atoms with van der Waals surface area (Å²) in [6, 6.07) is 8.61. The van der Waals surface area contributed by atoms with Gasteiger partial charge in [-0.3, -0.25) is 15.4 Å². The predicted octanol–water partition coefficient (Wildman–Crippen LogP) is 2.58. The van der Waals surface area contributed by atoms with Gasteiger partial charge >= 0.3 is 0 Å². The van der Waals surface area contributed by atoms with E-state index in [2.05, 4.69) is 11.4 Å². The second-order valence-corrected chi connectivity index (χ2v) is 5.10. The van der Waals surface area contributed by atoms with Crippen molar-refractivity contribution in [2.24, 2.45) is 0 Å². The minimum atomic E-state index is -0.403. The van der Waals surface area contributed by atoms with Gasteiger partial charge in [-0.05, 0) is 19.9 Å². The van der Waals surface area contributed by atoms with Crippen LogP contribution in [0.1, 0.15) is 13.8 Å². The van der Waals surface area contributed by atoms with Gasteiger partial charge < -0.3 is 0 Å². The Morgan fingerprint density at radius 3 is 2.72 bits per heavy atom. The topological polar surface area (TPSA) is 79.0 Å². The molecule has 18 heavy (non-hydrogen) atoms. The van der Waals surface area contributed by atoms with Crippen LogP contribution in [0.15, 0.2) is 29.2 Å². The number of para-hydroxylation sites is 1. The maximum absolute atomic E-state index is 10.8. The zero-order valence-electron chi connectivity index (χ0n) is 10.3. The quantitative estimate of drug-likeness (QED) is 0.486. The SMILES string of the molecule is CC(C)NC(C#N)CSc1ccccc1[N+](=O)[O-]. The summed E-state index contributed by atoms with van der Waals surface area (Å²) >= 11 is 1.32. The molecule has 0 bridgehead atoms. The first-order valence-corrected chi connectivity index (χ1v) is 6.55. The number of nitriles is 1. The molecule has 0 aromatic heterocycles.